The summed E-state index contributed by atoms with van der Waals surface area (Å²) in [6.45, 7) is 0.298. The van der Waals surface area contributed by atoms with E-state index in [4.69, 9.17) is 25.8 Å². The zero-order chi connectivity index (χ0) is 22.7. The van der Waals surface area contributed by atoms with Gasteiger partial charge >= 0.3 is 6.09 Å². The van der Waals surface area contributed by atoms with E-state index in [0.29, 0.717) is 47.0 Å². The molecule has 0 unspecified atom stereocenters. The fraction of sp³-hybridized carbons (Fsp3) is 0.227. The molecule has 0 radical (unpaired) electrons. The van der Waals surface area contributed by atoms with Gasteiger partial charge in [-0.2, -0.15) is 4.98 Å². The Balaban J connectivity index is 1.65. The number of aromatic nitrogens is 2. The molecule has 1 amide bonds. The van der Waals surface area contributed by atoms with Crippen molar-refractivity contribution in [2.45, 2.75) is 6.42 Å². The molecular formula is C22H22ClN5O4. The number of hydrogen-bond acceptors (Lipinski definition) is 8. The Morgan fingerprint density at radius 3 is 2.66 bits per heavy atom. The lowest BCUT2D eigenvalue weighted by Gasteiger charge is -2.19. The number of nitrogens with one attached hydrogen (secondary N) is 2. The average molecular weight is 456 g/mol. The van der Waals surface area contributed by atoms with Crippen LogP contribution < -0.4 is 25.0 Å². The number of methoxy groups -OCH3 is 2. The lowest BCUT2D eigenvalue weighted by atomic mass is 10.1. The first-order chi connectivity index (χ1) is 15.5. The molecule has 2 heterocycles. The quantitative estimate of drug-likeness (QED) is 0.548. The van der Waals surface area contributed by atoms with Gasteiger partial charge in [-0.15, -0.1) is 0 Å². The molecule has 0 aliphatic carbocycles. The number of ether oxygens (including phenoxy) is 3. The van der Waals surface area contributed by atoms with Gasteiger partial charge in [0.2, 0.25) is 5.95 Å². The molecule has 32 heavy (non-hydrogen) atoms. The number of amides is 1. The number of nitrogens with zero attached hydrogens (tertiary/aromatic N) is 3. The minimum absolute atomic E-state index is 0.298. The van der Waals surface area contributed by atoms with E-state index >= 15 is 0 Å². The maximum absolute atomic E-state index is 12.0. The van der Waals surface area contributed by atoms with E-state index in [1.54, 1.807) is 27.3 Å². The Morgan fingerprint density at radius 1 is 1.09 bits per heavy atom. The fourth-order valence-electron chi connectivity index (χ4n) is 3.35. The minimum atomic E-state index is -0.403. The van der Waals surface area contributed by atoms with Gasteiger partial charge < -0.3 is 24.8 Å². The molecule has 0 saturated carbocycles. The van der Waals surface area contributed by atoms with E-state index in [2.05, 4.69) is 20.6 Å². The van der Waals surface area contributed by atoms with Crippen LogP contribution in [0.5, 0.6) is 11.5 Å². The van der Waals surface area contributed by atoms with Crippen molar-refractivity contribution in [1.82, 2.24) is 9.97 Å². The van der Waals surface area contributed by atoms with Gasteiger partial charge in [-0.3, -0.25) is 4.90 Å². The molecule has 1 aliphatic heterocycles. The van der Waals surface area contributed by atoms with Crippen LogP contribution in [0.2, 0.25) is 5.02 Å². The van der Waals surface area contributed by atoms with Crippen LogP contribution in [0.1, 0.15) is 5.56 Å². The predicted molar refractivity (Wildman–Crippen MR) is 123 cm³/mol. The molecule has 0 saturated heterocycles. The maximum atomic E-state index is 12.0. The van der Waals surface area contributed by atoms with Crippen molar-refractivity contribution in [3.05, 3.63) is 53.2 Å². The second-order valence-corrected chi connectivity index (χ2v) is 7.35. The van der Waals surface area contributed by atoms with Gasteiger partial charge in [0.15, 0.2) is 5.82 Å². The molecule has 3 aromatic rings. The highest BCUT2D eigenvalue weighted by Crippen LogP contribution is 2.37. The number of hydrogen-bond donors (Lipinski definition) is 2. The van der Waals surface area contributed by atoms with Crippen LogP contribution in [-0.2, 0) is 11.2 Å². The first-order valence-corrected chi connectivity index (χ1v) is 10.2. The third kappa shape index (κ3) is 4.33. The number of carbonyl (C=O) groups is 1. The van der Waals surface area contributed by atoms with Gasteiger partial charge in [-0.25, -0.2) is 9.78 Å². The number of carbonyl (C=O) groups excluding carboxylic acids is 1. The molecule has 4 rings (SSSR count). The van der Waals surface area contributed by atoms with Crippen LogP contribution in [0.3, 0.4) is 0 Å². The van der Waals surface area contributed by atoms with E-state index < -0.39 is 6.09 Å². The summed E-state index contributed by atoms with van der Waals surface area (Å²) in [6, 6.07) is 11.1. The Morgan fingerprint density at radius 2 is 1.88 bits per heavy atom. The van der Waals surface area contributed by atoms with E-state index in [0.717, 1.165) is 16.9 Å². The topological polar surface area (TPSA) is 97.8 Å². The second-order valence-electron chi connectivity index (χ2n) is 6.95. The van der Waals surface area contributed by atoms with E-state index in [1.807, 2.05) is 30.3 Å². The van der Waals surface area contributed by atoms with Gasteiger partial charge in [0, 0.05) is 19.5 Å². The first-order valence-electron chi connectivity index (χ1n) is 9.81. The standard InChI is InChI=1S/C22H22ClN5O4/c1-28-17-11-19(31-3)16(10-13(17)8-9-32-22(28)29)26-21-24-12-14(23)20(27-21)25-15-6-4-5-7-18(15)30-2/h4-7,10-12H,8-9H2,1-3H3,(H2,24,25,26,27). The molecule has 166 valence electrons. The smallest absolute Gasteiger partial charge is 0.414 e. The predicted octanol–water partition coefficient (Wildman–Crippen LogP) is 4.76. The van der Waals surface area contributed by atoms with Crippen LogP contribution in [0.15, 0.2) is 42.6 Å². The van der Waals surface area contributed by atoms with Crippen molar-refractivity contribution in [3.63, 3.8) is 0 Å². The van der Waals surface area contributed by atoms with Gasteiger partial charge in [-0.1, -0.05) is 23.7 Å². The van der Waals surface area contributed by atoms with Crippen LogP contribution >= 0.6 is 11.6 Å². The van der Waals surface area contributed by atoms with E-state index in [-0.39, 0.29) is 0 Å². The molecule has 1 aromatic heterocycles. The highest BCUT2D eigenvalue weighted by molar-refractivity contribution is 6.33. The summed E-state index contributed by atoms with van der Waals surface area (Å²) in [5, 5.41) is 6.71. The minimum Gasteiger partial charge on any atom is -0.495 e. The van der Waals surface area contributed by atoms with Crippen molar-refractivity contribution in [2.75, 3.05) is 43.4 Å². The molecule has 10 heteroatoms. The molecular weight excluding hydrogens is 434 g/mol. The lowest BCUT2D eigenvalue weighted by molar-refractivity contribution is 0.159. The monoisotopic (exact) mass is 455 g/mol. The summed E-state index contributed by atoms with van der Waals surface area (Å²) in [5.74, 6) is 1.92. The van der Waals surface area contributed by atoms with Crippen molar-refractivity contribution in [1.29, 1.82) is 0 Å². The first kappa shape index (κ1) is 21.5. The molecule has 0 fully saturated rings. The van der Waals surface area contributed by atoms with Crippen LogP contribution in [0.25, 0.3) is 0 Å². The van der Waals surface area contributed by atoms with Gasteiger partial charge in [0.25, 0.3) is 0 Å². The summed E-state index contributed by atoms with van der Waals surface area (Å²) in [5.41, 5.74) is 3.03. The number of cyclic esters (lactones) is 1. The van der Waals surface area contributed by atoms with Gasteiger partial charge in [0.05, 0.1) is 44.1 Å². The molecule has 0 bridgehead atoms. The molecule has 2 aromatic carbocycles. The van der Waals surface area contributed by atoms with E-state index in [1.165, 1.54) is 11.1 Å². The number of fused-ring (bicyclic) bond motifs is 1. The zero-order valence-corrected chi connectivity index (χ0v) is 18.6. The molecule has 1 aliphatic rings. The third-order valence-electron chi connectivity index (χ3n) is 4.98. The highest BCUT2D eigenvalue weighted by Gasteiger charge is 2.23. The van der Waals surface area contributed by atoms with Crippen LogP contribution in [0, 0.1) is 0 Å². The van der Waals surface area contributed by atoms with Crippen LogP contribution in [-0.4, -0.2) is 43.9 Å². The van der Waals surface area contributed by atoms with Crippen molar-refractivity contribution >= 4 is 46.5 Å². The Labute approximate surface area is 190 Å². The van der Waals surface area contributed by atoms with Crippen molar-refractivity contribution < 1.29 is 19.0 Å². The normalized spacial score (nSPS) is 13.0. The third-order valence-corrected chi connectivity index (χ3v) is 5.26. The average Bonchev–Trinajstić information content (AvgIpc) is 2.94. The zero-order valence-electron chi connectivity index (χ0n) is 17.8. The van der Waals surface area contributed by atoms with Crippen molar-refractivity contribution in [3.8, 4) is 11.5 Å². The molecule has 2 N–H and O–H groups in total. The summed E-state index contributed by atoms with van der Waals surface area (Å²) < 4.78 is 16.1. The van der Waals surface area contributed by atoms with Crippen molar-refractivity contribution in [2.24, 2.45) is 0 Å². The summed E-state index contributed by atoms with van der Waals surface area (Å²) >= 11 is 6.31. The molecule has 0 spiro atoms. The van der Waals surface area contributed by atoms with Gasteiger partial charge in [0.1, 0.15) is 16.5 Å². The maximum Gasteiger partial charge on any atom is 0.414 e. The number of anilines is 5. The Kier molecular flexibility index (Phi) is 6.18. The number of benzene rings is 2. The number of rotatable bonds is 6. The number of para-hydroxylation sites is 2. The fourth-order valence-corrected chi connectivity index (χ4v) is 3.49. The summed E-state index contributed by atoms with van der Waals surface area (Å²) in [6.07, 6.45) is 1.68. The molecule has 0 atom stereocenters. The molecule has 9 nitrogen and oxygen atoms in total. The van der Waals surface area contributed by atoms with Gasteiger partial charge in [-0.05, 0) is 23.8 Å². The largest absolute Gasteiger partial charge is 0.495 e. The van der Waals surface area contributed by atoms with E-state index in [9.17, 15) is 4.79 Å². The summed E-state index contributed by atoms with van der Waals surface area (Å²) in [4.78, 5) is 22.3. The second kappa shape index (κ2) is 9.19. The summed E-state index contributed by atoms with van der Waals surface area (Å²) in [7, 11) is 4.81. The lowest BCUT2D eigenvalue weighted by Crippen LogP contribution is -2.25. The number of halogens is 1. The Hall–Kier alpha value is -3.72. The SMILES string of the molecule is COc1cc2c(cc1Nc1ncc(Cl)c(Nc3ccccc3OC)n1)CCOC(=O)N2C. The highest BCUT2D eigenvalue weighted by atomic mass is 35.5. The Bertz CT molecular complexity index is 1160. The van der Waals surface area contributed by atoms with Crippen LogP contribution in [0.4, 0.5) is 33.6 Å².